The SMILES string of the molecule is CS(=O)(=O)c1cccc(C(=O)NCCCN2CCCCC2)c1. The molecule has 1 aliphatic heterocycles. The van der Waals surface area contributed by atoms with E-state index in [1.165, 1.54) is 31.4 Å². The van der Waals surface area contributed by atoms with E-state index in [1.54, 1.807) is 12.1 Å². The molecule has 22 heavy (non-hydrogen) atoms. The molecule has 1 aromatic carbocycles. The summed E-state index contributed by atoms with van der Waals surface area (Å²) in [6, 6.07) is 6.16. The fourth-order valence-electron chi connectivity index (χ4n) is 2.66. The van der Waals surface area contributed by atoms with E-state index in [0.717, 1.165) is 32.3 Å². The van der Waals surface area contributed by atoms with Crippen LogP contribution in [0.4, 0.5) is 0 Å². The number of carbonyl (C=O) groups is 1. The summed E-state index contributed by atoms with van der Waals surface area (Å²) < 4.78 is 23.0. The summed E-state index contributed by atoms with van der Waals surface area (Å²) >= 11 is 0. The van der Waals surface area contributed by atoms with Crippen molar-refractivity contribution in [2.45, 2.75) is 30.6 Å². The molecule has 1 saturated heterocycles. The van der Waals surface area contributed by atoms with Gasteiger partial charge < -0.3 is 10.2 Å². The molecule has 1 aromatic rings. The van der Waals surface area contributed by atoms with Crippen LogP contribution in [0.15, 0.2) is 29.2 Å². The zero-order valence-corrected chi connectivity index (χ0v) is 13.9. The number of piperidine rings is 1. The van der Waals surface area contributed by atoms with E-state index < -0.39 is 9.84 Å². The smallest absolute Gasteiger partial charge is 0.251 e. The Balaban J connectivity index is 1.79. The summed E-state index contributed by atoms with van der Waals surface area (Å²) in [5, 5.41) is 2.86. The van der Waals surface area contributed by atoms with E-state index in [1.807, 2.05) is 0 Å². The van der Waals surface area contributed by atoms with Crippen LogP contribution in [-0.2, 0) is 9.84 Å². The first-order valence-electron chi connectivity index (χ1n) is 7.77. The molecule has 1 fully saturated rings. The summed E-state index contributed by atoms with van der Waals surface area (Å²) in [6.07, 6.45) is 5.92. The second-order valence-corrected chi connectivity index (χ2v) is 7.83. The third kappa shape index (κ3) is 5.10. The molecule has 1 heterocycles. The van der Waals surface area contributed by atoms with Gasteiger partial charge in [-0.15, -0.1) is 0 Å². The van der Waals surface area contributed by atoms with Crippen LogP contribution in [0, 0.1) is 0 Å². The van der Waals surface area contributed by atoms with Crippen LogP contribution in [0.2, 0.25) is 0 Å². The Kier molecular flexibility index (Phi) is 5.97. The molecule has 0 spiro atoms. The lowest BCUT2D eigenvalue weighted by Gasteiger charge is -2.26. The average Bonchev–Trinajstić information content (AvgIpc) is 2.52. The van der Waals surface area contributed by atoms with Crippen molar-refractivity contribution >= 4 is 15.7 Å². The summed E-state index contributed by atoms with van der Waals surface area (Å²) in [5.41, 5.74) is 0.390. The van der Waals surface area contributed by atoms with Crippen molar-refractivity contribution in [2.24, 2.45) is 0 Å². The molecule has 2 rings (SSSR count). The maximum absolute atomic E-state index is 12.1. The molecule has 0 aromatic heterocycles. The van der Waals surface area contributed by atoms with Crippen LogP contribution >= 0.6 is 0 Å². The first-order chi connectivity index (χ1) is 10.5. The molecule has 6 heteroatoms. The number of amides is 1. The van der Waals surface area contributed by atoms with Gasteiger partial charge in [0.1, 0.15) is 0 Å². The van der Waals surface area contributed by atoms with Gasteiger partial charge >= 0.3 is 0 Å². The van der Waals surface area contributed by atoms with Gasteiger partial charge in [0.15, 0.2) is 9.84 Å². The fourth-order valence-corrected chi connectivity index (χ4v) is 3.32. The lowest BCUT2D eigenvalue weighted by atomic mass is 10.1. The van der Waals surface area contributed by atoms with Crippen molar-refractivity contribution in [3.63, 3.8) is 0 Å². The number of nitrogens with zero attached hydrogens (tertiary/aromatic N) is 1. The normalized spacial score (nSPS) is 16.4. The minimum atomic E-state index is -3.29. The van der Waals surface area contributed by atoms with Crippen molar-refractivity contribution in [2.75, 3.05) is 32.4 Å². The van der Waals surface area contributed by atoms with Crippen LogP contribution in [0.5, 0.6) is 0 Å². The monoisotopic (exact) mass is 324 g/mol. The first-order valence-corrected chi connectivity index (χ1v) is 9.66. The van der Waals surface area contributed by atoms with Crippen LogP contribution in [0.1, 0.15) is 36.0 Å². The van der Waals surface area contributed by atoms with Gasteiger partial charge in [-0.05, 0) is 57.1 Å². The van der Waals surface area contributed by atoms with Gasteiger partial charge in [0, 0.05) is 18.4 Å². The zero-order valence-electron chi connectivity index (χ0n) is 13.0. The Labute approximate surface area is 132 Å². The van der Waals surface area contributed by atoms with E-state index in [2.05, 4.69) is 10.2 Å². The molecule has 0 unspecified atom stereocenters. The minimum absolute atomic E-state index is 0.175. The summed E-state index contributed by atoms with van der Waals surface area (Å²) in [7, 11) is -3.29. The van der Waals surface area contributed by atoms with Gasteiger partial charge in [0.25, 0.3) is 5.91 Å². The van der Waals surface area contributed by atoms with Crippen molar-refractivity contribution in [1.29, 1.82) is 0 Å². The molecular formula is C16H24N2O3S. The standard InChI is InChI=1S/C16H24N2O3S/c1-22(20,21)15-8-5-7-14(13-15)16(19)17-9-6-12-18-10-3-2-4-11-18/h5,7-8,13H,2-4,6,9-12H2,1H3,(H,17,19). The summed E-state index contributed by atoms with van der Waals surface area (Å²) in [4.78, 5) is 14.7. The molecule has 0 radical (unpaired) electrons. The Hall–Kier alpha value is -1.40. The van der Waals surface area contributed by atoms with Gasteiger partial charge in [-0.2, -0.15) is 0 Å². The first kappa shape index (κ1) is 17.0. The topological polar surface area (TPSA) is 66.5 Å². The fraction of sp³-hybridized carbons (Fsp3) is 0.562. The third-order valence-electron chi connectivity index (χ3n) is 3.91. The molecule has 0 aliphatic carbocycles. The number of hydrogen-bond donors (Lipinski definition) is 1. The van der Waals surface area contributed by atoms with Crippen LogP contribution in [0.25, 0.3) is 0 Å². The number of likely N-dealkylation sites (tertiary alicyclic amines) is 1. The average molecular weight is 324 g/mol. The largest absolute Gasteiger partial charge is 0.352 e. The highest BCUT2D eigenvalue weighted by Gasteiger charge is 2.12. The molecular weight excluding hydrogens is 300 g/mol. The summed E-state index contributed by atoms with van der Waals surface area (Å²) in [5.74, 6) is -0.218. The van der Waals surface area contributed by atoms with Crippen LogP contribution < -0.4 is 5.32 Å². The highest BCUT2D eigenvalue weighted by molar-refractivity contribution is 7.90. The Morgan fingerprint density at radius 1 is 1.23 bits per heavy atom. The maximum Gasteiger partial charge on any atom is 0.251 e. The molecule has 122 valence electrons. The second-order valence-electron chi connectivity index (χ2n) is 5.81. The molecule has 0 atom stereocenters. The quantitative estimate of drug-likeness (QED) is 0.809. The zero-order chi connectivity index (χ0) is 16.0. The van der Waals surface area contributed by atoms with Gasteiger partial charge in [-0.1, -0.05) is 12.5 Å². The maximum atomic E-state index is 12.1. The molecule has 1 amide bonds. The molecule has 1 aliphatic rings. The highest BCUT2D eigenvalue weighted by Crippen LogP contribution is 2.11. The summed E-state index contributed by atoms with van der Waals surface area (Å²) in [6.45, 7) is 3.93. The van der Waals surface area contributed by atoms with E-state index in [9.17, 15) is 13.2 Å². The molecule has 1 N–H and O–H groups in total. The lowest BCUT2D eigenvalue weighted by Crippen LogP contribution is -2.33. The predicted octanol–water partition coefficient (Wildman–Crippen LogP) is 1.70. The number of sulfone groups is 1. The van der Waals surface area contributed by atoms with Gasteiger partial charge in [-0.25, -0.2) is 8.42 Å². The van der Waals surface area contributed by atoms with Crippen LogP contribution in [0.3, 0.4) is 0 Å². The Bertz CT molecular complexity index is 608. The highest BCUT2D eigenvalue weighted by atomic mass is 32.2. The van der Waals surface area contributed by atoms with E-state index >= 15 is 0 Å². The number of benzene rings is 1. The molecule has 5 nitrogen and oxygen atoms in total. The van der Waals surface area contributed by atoms with Gasteiger partial charge in [0.2, 0.25) is 0 Å². The van der Waals surface area contributed by atoms with Gasteiger partial charge in [0.05, 0.1) is 4.90 Å². The predicted molar refractivity (Wildman–Crippen MR) is 86.8 cm³/mol. The van der Waals surface area contributed by atoms with Crippen LogP contribution in [-0.4, -0.2) is 51.7 Å². The second kappa shape index (κ2) is 7.74. The lowest BCUT2D eigenvalue weighted by molar-refractivity contribution is 0.0951. The van der Waals surface area contributed by atoms with E-state index in [-0.39, 0.29) is 10.8 Å². The van der Waals surface area contributed by atoms with Crippen molar-refractivity contribution in [3.8, 4) is 0 Å². The Morgan fingerprint density at radius 2 is 1.95 bits per heavy atom. The van der Waals surface area contributed by atoms with E-state index in [4.69, 9.17) is 0 Å². The minimum Gasteiger partial charge on any atom is -0.352 e. The number of nitrogens with one attached hydrogen (secondary N) is 1. The van der Waals surface area contributed by atoms with Crippen molar-refractivity contribution < 1.29 is 13.2 Å². The van der Waals surface area contributed by atoms with Crippen molar-refractivity contribution in [1.82, 2.24) is 10.2 Å². The van der Waals surface area contributed by atoms with Gasteiger partial charge in [-0.3, -0.25) is 4.79 Å². The number of hydrogen-bond acceptors (Lipinski definition) is 4. The molecule has 0 saturated carbocycles. The van der Waals surface area contributed by atoms with Crippen molar-refractivity contribution in [3.05, 3.63) is 29.8 Å². The Morgan fingerprint density at radius 3 is 2.64 bits per heavy atom. The number of rotatable bonds is 6. The van der Waals surface area contributed by atoms with E-state index in [0.29, 0.717) is 12.1 Å². The molecule has 0 bridgehead atoms. The number of carbonyl (C=O) groups excluding carboxylic acids is 1. The third-order valence-corrected chi connectivity index (χ3v) is 5.02.